The summed E-state index contributed by atoms with van der Waals surface area (Å²) in [6.45, 7) is 0.161. The van der Waals surface area contributed by atoms with Crippen LogP contribution in [0.2, 0.25) is 5.02 Å². The Morgan fingerprint density at radius 1 is 1.37 bits per heavy atom. The summed E-state index contributed by atoms with van der Waals surface area (Å²) in [5, 5.41) is 19.6. The monoisotopic (exact) mass is 279 g/mol. The highest BCUT2D eigenvalue weighted by atomic mass is 35.5. The van der Waals surface area contributed by atoms with Crippen LogP contribution in [-0.4, -0.2) is 27.8 Å². The molecule has 0 saturated carbocycles. The Morgan fingerprint density at radius 2 is 2.11 bits per heavy atom. The van der Waals surface area contributed by atoms with Crippen molar-refractivity contribution in [1.82, 2.24) is 15.5 Å². The van der Waals surface area contributed by atoms with Crippen LogP contribution in [0.25, 0.3) is 0 Å². The number of hydrogen-bond acceptors (Lipinski definition) is 3. The molecule has 0 spiro atoms. The van der Waals surface area contributed by atoms with Gasteiger partial charge >= 0.3 is 0 Å². The van der Waals surface area contributed by atoms with Gasteiger partial charge in [0.05, 0.1) is 12.5 Å². The lowest BCUT2D eigenvalue weighted by Crippen LogP contribution is -2.29. The second kappa shape index (κ2) is 6.36. The fraction of sp³-hybridized carbons (Fsp3) is 0.231. The van der Waals surface area contributed by atoms with E-state index in [2.05, 4.69) is 15.5 Å². The Balaban J connectivity index is 1.81. The SMILES string of the molecule is O=C(Cc1ccn[nH]1)NCC(O)c1ccc(Cl)cc1. The van der Waals surface area contributed by atoms with E-state index >= 15 is 0 Å². The standard InChI is InChI=1S/C13H14ClN3O2/c14-10-3-1-9(2-4-10)12(18)8-15-13(19)7-11-5-6-16-17-11/h1-6,12,18H,7-8H2,(H,15,19)(H,16,17). The van der Waals surface area contributed by atoms with Gasteiger partial charge in [0.25, 0.3) is 0 Å². The molecule has 0 radical (unpaired) electrons. The molecule has 0 bridgehead atoms. The summed E-state index contributed by atoms with van der Waals surface area (Å²) in [7, 11) is 0. The van der Waals surface area contributed by atoms with Crippen LogP contribution in [0.1, 0.15) is 17.4 Å². The summed E-state index contributed by atoms with van der Waals surface area (Å²) in [5.74, 6) is -0.169. The second-order valence-corrected chi connectivity index (χ2v) is 4.57. The van der Waals surface area contributed by atoms with Gasteiger partial charge in [-0.05, 0) is 23.8 Å². The lowest BCUT2D eigenvalue weighted by molar-refractivity contribution is -0.120. The summed E-state index contributed by atoms with van der Waals surface area (Å²) >= 11 is 5.76. The predicted octanol–water partition coefficient (Wildman–Crippen LogP) is 1.46. The van der Waals surface area contributed by atoms with Gasteiger partial charge in [0.2, 0.25) is 5.91 Å². The molecule has 0 fully saturated rings. The van der Waals surface area contributed by atoms with E-state index in [9.17, 15) is 9.90 Å². The van der Waals surface area contributed by atoms with Gasteiger partial charge in [0.15, 0.2) is 0 Å². The molecule has 0 aliphatic rings. The topological polar surface area (TPSA) is 78.0 Å². The molecule has 1 amide bonds. The molecule has 0 saturated heterocycles. The van der Waals surface area contributed by atoms with Crippen LogP contribution in [0.4, 0.5) is 0 Å². The normalized spacial score (nSPS) is 12.1. The van der Waals surface area contributed by atoms with Gasteiger partial charge in [-0.1, -0.05) is 23.7 Å². The number of carbonyl (C=O) groups is 1. The first kappa shape index (κ1) is 13.6. The summed E-state index contributed by atoms with van der Waals surface area (Å²) in [5.41, 5.74) is 1.45. The van der Waals surface area contributed by atoms with Crippen molar-refractivity contribution < 1.29 is 9.90 Å². The number of amides is 1. The molecule has 1 unspecified atom stereocenters. The molecule has 6 heteroatoms. The van der Waals surface area contributed by atoms with Crippen LogP contribution in [0.5, 0.6) is 0 Å². The number of benzene rings is 1. The smallest absolute Gasteiger partial charge is 0.226 e. The molecule has 19 heavy (non-hydrogen) atoms. The Kier molecular flexibility index (Phi) is 4.54. The van der Waals surface area contributed by atoms with Gasteiger partial charge in [-0.15, -0.1) is 0 Å². The Bertz CT molecular complexity index is 525. The fourth-order valence-corrected chi connectivity index (χ4v) is 1.76. The van der Waals surface area contributed by atoms with Gasteiger partial charge in [0.1, 0.15) is 0 Å². The first-order chi connectivity index (χ1) is 9.15. The molecular formula is C13H14ClN3O2. The van der Waals surface area contributed by atoms with E-state index in [1.807, 2.05) is 0 Å². The van der Waals surface area contributed by atoms with E-state index in [1.165, 1.54) is 0 Å². The quantitative estimate of drug-likeness (QED) is 0.775. The van der Waals surface area contributed by atoms with Crippen molar-refractivity contribution in [2.45, 2.75) is 12.5 Å². The minimum Gasteiger partial charge on any atom is -0.387 e. The third-order valence-electron chi connectivity index (χ3n) is 2.66. The van der Waals surface area contributed by atoms with E-state index < -0.39 is 6.10 Å². The number of aliphatic hydroxyl groups excluding tert-OH is 1. The van der Waals surface area contributed by atoms with E-state index in [0.29, 0.717) is 10.6 Å². The number of nitrogens with one attached hydrogen (secondary N) is 2. The number of rotatable bonds is 5. The number of hydrogen-bond donors (Lipinski definition) is 3. The molecule has 0 aliphatic heterocycles. The maximum atomic E-state index is 11.6. The minimum atomic E-state index is -0.747. The number of H-pyrrole nitrogens is 1. The van der Waals surface area contributed by atoms with Crippen molar-refractivity contribution in [3.8, 4) is 0 Å². The zero-order valence-corrected chi connectivity index (χ0v) is 10.9. The first-order valence-corrected chi connectivity index (χ1v) is 6.21. The third kappa shape index (κ3) is 4.08. The lowest BCUT2D eigenvalue weighted by Gasteiger charge is -2.12. The van der Waals surface area contributed by atoms with Gasteiger partial charge in [-0.25, -0.2) is 0 Å². The highest BCUT2D eigenvalue weighted by Gasteiger charge is 2.10. The van der Waals surface area contributed by atoms with Gasteiger partial charge in [-0.3, -0.25) is 9.89 Å². The maximum absolute atomic E-state index is 11.6. The maximum Gasteiger partial charge on any atom is 0.226 e. The average molecular weight is 280 g/mol. The number of nitrogens with zero attached hydrogens (tertiary/aromatic N) is 1. The molecule has 1 heterocycles. The molecule has 0 aliphatic carbocycles. The van der Waals surface area contributed by atoms with Crippen molar-refractivity contribution in [2.24, 2.45) is 0 Å². The average Bonchev–Trinajstić information content (AvgIpc) is 2.89. The van der Waals surface area contributed by atoms with Crippen LogP contribution in [0, 0.1) is 0 Å². The van der Waals surface area contributed by atoms with Crippen molar-refractivity contribution in [1.29, 1.82) is 0 Å². The van der Waals surface area contributed by atoms with Crippen LogP contribution in [0.3, 0.4) is 0 Å². The predicted molar refractivity (Wildman–Crippen MR) is 71.7 cm³/mol. The van der Waals surface area contributed by atoms with Crippen molar-refractivity contribution in [3.63, 3.8) is 0 Å². The van der Waals surface area contributed by atoms with Crippen LogP contribution >= 0.6 is 11.6 Å². The zero-order valence-electron chi connectivity index (χ0n) is 10.1. The molecule has 1 aromatic carbocycles. The van der Waals surface area contributed by atoms with Gasteiger partial charge < -0.3 is 10.4 Å². The van der Waals surface area contributed by atoms with E-state index in [4.69, 9.17) is 11.6 Å². The summed E-state index contributed by atoms with van der Waals surface area (Å²) in [6, 6.07) is 8.59. The fourth-order valence-electron chi connectivity index (χ4n) is 1.63. The molecule has 100 valence electrons. The first-order valence-electron chi connectivity index (χ1n) is 5.83. The Labute approximate surface area is 115 Å². The third-order valence-corrected chi connectivity index (χ3v) is 2.91. The number of halogens is 1. The highest BCUT2D eigenvalue weighted by Crippen LogP contribution is 2.15. The Morgan fingerprint density at radius 3 is 2.74 bits per heavy atom. The van der Waals surface area contributed by atoms with Gasteiger partial charge in [0, 0.05) is 23.5 Å². The Hall–Kier alpha value is -1.85. The summed E-state index contributed by atoms with van der Waals surface area (Å²) in [6.07, 6.45) is 1.06. The molecule has 3 N–H and O–H groups in total. The zero-order chi connectivity index (χ0) is 13.7. The van der Waals surface area contributed by atoms with Crippen LogP contribution in [0.15, 0.2) is 36.5 Å². The second-order valence-electron chi connectivity index (χ2n) is 4.13. The number of aromatic nitrogens is 2. The molecule has 1 atom stereocenters. The summed E-state index contributed by atoms with van der Waals surface area (Å²) in [4.78, 5) is 11.6. The molecule has 1 aromatic heterocycles. The number of aliphatic hydroxyl groups is 1. The number of aromatic amines is 1. The molecule has 5 nitrogen and oxygen atoms in total. The number of carbonyl (C=O) groups excluding carboxylic acids is 1. The minimum absolute atomic E-state index is 0.161. The van der Waals surface area contributed by atoms with E-state index in [-0.39, 0.29) is 18.9 Å². The van der Waals surface area contributed by atoms with E-state index in [1.54, 1.807) is 36.5 Å². The van der Waals surface area contributed by atoms with Crippen LogP contribution in [-0.2, 0) is 11.2 Å². The largest absolute Gasteiger partial charge is 0.387 e. The van der Waals surface area contributed by atoms with Crippen LogP contribution < -0.4 is 5.32 Å². The molecule has 2 rings (SSSR count). The van der Waals surface area contributed by atoms with Crippen molar-refractivity contribution >= 4 is 17.5 Å². The lowest BCUT2D eigenvalue weighted by atomic mass is 10.1. The molecular weight excluding hydrogens is 266 g/mol. The summed E-state index contributed by atoms with van der Waals surface area (Å²) < 4.78 is 0. The highest BCUT2D eigenvalue weighted by molar-refractivity contribution is 6.30. The van der Waals surface area contributed by atoms with Crippen molar-refractivity contribution in [2.75, 3.05) is 6.54 Å². The van der Waals surface area contributed by atoms with Crippen molar-refractivity contribution in [3.05, 3.63) is 52.8 Å². The van der Waals surface area contributed by atoms with E-state index in [0.717, 1.165) is 5.69 Å². The van der Waals surface area contributed by atoms with Gasteiger partial charge in [-0.2, -0.15) is 5.10 Å². The molecule has 2 aromatic rings.